The highest BCUT2D eigenvalue weighted by Crippen LogP contribution is 2.11. The Balaban J connectivity index is 1.82. The quantitative estimate of drug-likeness (QED) is 0.826. The van der Waals surface area contributed by atoms with Crippen molar-refractivity contribution in [1.82, 2.24) is 10.2 Å². The standard InChI is InChI=1S/C14H22N2O/c1-16-8-7-13(9-14(17)11-16)15-10-12-5-3-2-4-6-12/h2-6,13-15,17H,7-11H2,1H3/t13-,14-/m0/s1. The molecule has 1 aliphatic heterocycles. The maximum atomic E-state index is 9.85. The minimum atomic E-state index is -0.198. The monoisotopic (exact) mass is 234 g/mol. The Kier molecular flexibility index (Phi) is 4.54. The van der Waals surface area contributed by atoms with E-state index in [1.54, 1.807) is 0 Å². The summed E-state index contributed by atoms with van der Waals surface area (Å²) in [5, 5.41) is 13.4. The number of likely N-dealkylation sites (tertiary alicyclic amines) is 1. The highest BCUT2D eigenvalue weighted by Gasteiger charge is 2.20. The fourth-order valence-corrected chi connectivity index (χ4v) is 2.39. The van der Waals surface area contributed by atoms with Crippen LogP contribution in [0.15, 0.2) is 30.3 Å². The van der Waals surface area contributed by atoms with Crippen molar-refractivity contribution in [2.75, 3.05) is 20.1 Å². The average Bonchev–Trinajstić information content (AvgIpc) is 2.49. The summed E-state index contributed by atoms with van der Waals surface area (Å²) in [4.78, 5) is 2.20. The molecule has 1 aromatic carbocycles. The Morgan fingerprint density at radius 2 is 2.12 bits per heavy atom. The van der Waals surface area contributed by atoms with Crippen molar-refractivity contribution in [3.05, 3.63) is 35.9 Å². The minimum Gasteiger partial charge on any atom is -0.392 e. The molecule has 1 heterocycles. The van der Waals surface area contributed by atoms with Crippen LogP contribution in [0.2, 0.25) is 0 Å². The van der Waals surface area contributed by atoms with Gasteiger partial charge in [-0.1, -0.05) is 30.3 Å². The summed E-state index contributed by atoms with van der Waals surface area (Å²) in [5.74, 6) is 0. The molecule has 3 nitrogen and oxygen atoms in total. The van der Waals surface area contributed by atoms with E-state index in [9.17, 15) is 5.11 Å². The number of hydrogen-bond donors (Lipinski definition) is 2. The zero-order valence-electron chi connectivity index (χ0n) is 10.5. The van der Waals surface area contributed by atoms with E-state index < -0.39 is 0 Å². The van der Waals surface area contributed by atoms with Gasteiger partial charge in [0, 0.05) is 19.1 Å². The first-order valence-corrected chi connectivity index (χ1v) is 6.38. The van der Waals surface area contributed by atoms with Crippen molar-refractivity contribution in [3.8, 4) is 0 Å². The summed E-state index contributed by atoms with van der Waals surface area (Å²) in [7, 11) is 2.07. The van der Waals surface area contributed by atoms with Crippen LogP contribution in [0.25, 0.3) is 0 Å². The predicted molar refractivity (Wildman–Crippen MR) is 69.8 cm³/mol. The highest BCUT2D eigenvalue weighted by atomic mass is 16.3. The SMILES string of the molecule is CN1CC[C@H](NCc2ccccc2)C[C@H](O)C1. The van der Waals surface area contributed by atoms with E-state index in [4.69, 9.17) is 0 Å². The second-order valence-electron chi connectivity index (χ2n) is 5.00. The normalized spacial score (nSPS) is 26.7. The highest BCUT2D eigenvalue weighted by molar-refractivity contribution is 5.14. The number of hydrogen-bond acceptors (Lipinski definition) is 3. The van der Waals surface area contributed by atoms with Crippen molar-refractivity contribution in [2.24, 2.45) is 0 Å². The Labute approximate surface area is 103 Å². The van der Waals surface area contributed by atoms with Gasteiger partial charge in [-0.05, 0) is 32.0 Å². The maximum Gasteiger partial charge on any atom is 0.0681 e. The van der Waals surface area contributed by atoms with Crippen LogP contribution < -0.4 is 5.32 Å². The smallest absolute Gasteiger partial charge is 0.0681 e. The molecule has 0 spiro atoms. The summed E-state index contributed by atoms with van der Waals surface area (Å²) in [6, 6.07) is 10.8. The van der Waals surface area contributed by atoms with Crippen LogP contribution in [0, 0.1) is 0 Å². The van der Waals surface area contributed by atoms with E-state index in [1.165, 1.54) is 5.56 Å². The first-order valence-electron chi connectivity index (χ1n) is 6.38. The van der Waals surface area contributed by atoms with Gasteiger partial charge in [0.1, 0.15) is 0 Å². The Morgan fingerprint density at radius 3 is 2.88 bits per heavy atom. The summed E-state index contributed by atoms with van der Waals surface area (Å²) >= 11 is 0. The second kappa shape index (κ2) is 6.15. The van der Waals surface area contributed by atoms with Gasteiger partial charge in [0.15, 0.2) is 0 Å². The summed E-state index contributed by atoms with van der Waals surface area (Å²) in [6.45, 7) is 2.75. The molecule has 2 rings (SSSR count). The first-order chi connectivity index (χ1) is 8.24. The fourth-order valence-electron chi connectivity index (χ4n) is 2.39. The number of rotatable bonds is 3. The van der Waals surface area contributed by atoms with Gasteiger partial charge in [-0.25, -0.2) is 0 Å². The molecule has 0 unspecified atom stereocenters. The molecule has 3 heteroatoms. The molecule has 1 saturated heterocycles. The maximum absolute atomic E-state index is 9.85. The Hall–Kier alpha value is -0.900. The van der Waals surface area contributed by atoms with Crippen LogP contribution in [-0.4, -0.2) is 42.3 Å². The van der Waals surface area contributed by atoms with Crippen LogP contribution in [0.4, 0.5) is 0 Å². The van der Waals surface area contributed by atoms with Gasteiger partial charge in [-0.2, -0.15) is 0 Å². The number of nitrogens with zero attached hydrogens (tertiary/aromatic N) is 1. The molecule has 1 fully saturated rings. The van der Waals surface area contributed by atoms with Gasteiger partial charge in [0.2, 0.25) is 0 Å². The average molecular weight is 234 g/mol. The number of aliphatic hydroxyl groups excluding tert-OH is 1. The number of likely N-dealkylation sites (N-methyl/N-ethyl adjacent to an activating group) is 1. The first kappa shape index (κ1) is 12.6. The molecule has 0 aliphatic carbocycles. The van der Waals surface area contributed by atoms with Crippen LogP contribution in [0.5, 0.6) is 0 Å². The number of benzene rings is 1. The van der Waals surface area contributed by atoms with Gasteiger partial charge in [0.05, 0.1) is 6.10 Å². The fraction of sp³-hybridized carbons (Fsp3) is 0.571. The summed E-state index contributed by atoms with van der Waals surface area (Å²) < 4.78 is 0. The van der Waals surface area contributed by atoms with Crippen LogP contribution in [-0.2, 0) is 6.54 Å². The van der Waals surface area contributed by atoms with Crippen molar-refractivity contribution in [2.45, 2.75) is 31.5 Å². The van der Waals surface area contributed by atoms with E-state index in [0.29, 0.717) is 6.04 Å². The number of nitrogens with one attached hydrogen (secondary N) is 1. The Bertz CT molecular complexity index is 328. The van der Waals surface area contributed by atoms with Gasteiger partial charge in [-0.3, -0.25) is 0 Å². The van der Waals surface area contributed by atoms with E-state index in [-0.39, 0.29) is 6.10 Å². The lowest BCUT2D eigenvalue weighted by molar-refractivity contribution is 0.127. The lowest BCUT2D eigenvalue weighted by Gasteiger charge is -2.17. The molecule has 17 heavy (non-hydrogen) atoms. The van der Waals surface area contributed by atoms with Crippen molar-refractivity contribution in [3.63, 3.8) is 0 Å². The van der Waals surface area contributed by atoms with E-state index in [2.05, 4.69) is 41.5 Å². The zero-order chi connectivity index (χ0) is 12.1. The molecular weight excluding hydrogens is 212 g/mol. The van der Waals surface area contributed by atoms with E-state index in [0.717, 1.165) is 32.5 Å². The number of aliphatic hydroxyl groups is 1. The third kappa shape index (κ3) is 4.11. The van der Waals surface area contributed by atoms with Gasteiger partial charge in [0.25, 0.3) is 0 Å². The molecule has 0 bridgehead atoms. The van der Waals surface area contributed by atoms with Crippen LogP contribution in [0.1, 0.15) is 18.4 Å². The van der Waals surface area contributed by atoms with E-state index >= 15 is 0 Å². The van der Waals surface area contributed by atoms with E-state index in [1.807, 2.05) is 6.07 Å². The number of β-amino-alcohol motifs (C(OH)–C–C–N with tert-alkyl or cyclic N) is 1. The molecule has 2 N–H and O–H groups in total. The largest absolute Gasteiger partial charge is 0.392 e. The second-order valence-corrected chi connectivity index (χ2v) is 5.00. The van der Waals surface area contributed by atoms with Crippen molar-refractivity contribution < 1.29 is 5.11 Å². The zero-order valence-corrected chi connectivity index (χ0v) is 10.5. The molecule has 0 radical (unpaired) electrons. The third-order valence-electron chi connectivity index (χ3n) is 3.38. The molecule has 0 saturated carbocycles. The minimum absolute atomic E-state index is 0.198. The predicted octanol–water partition coefficient (Wildman–Crippen LogP) is 1.23. The van der Waals surface area contributed by atoms with Gasteiger partial charge >= 0.3 is 0 Å². The topological polar surface area (TPSA) is 35.5 Å². The van der Waals surface area contributed by atoms with Crippen LogP contribution >= 0.6 is 0 Å². The lowest BCUT2D eigenvalue weighted by Crippen LogP contribution is -2.32. The molecule has 0 aromatic heterocycles. The van der Waals surface area contributed by atoms with Gasteiger partial charge in [-0.15, -0.1) is 0 Å². The molecule has 1 aliphatic rings. The summed E-state index contributed by atoms with van der Waals surface area (Å²) in [6.07, 6.45) is 1.77. The van der Waals surface area contributed by atoms with Crippen LogP contribution in [0.3, 0.4) is 0 Å². The third-order valence-corrected chi connectivity index (χ3v) is 3.38. The van der Waals surface area contributed by atoms with Crippen molar-refractivity contribution in [1.29, 1.82) is 0 Å². The molecule has 2 atom stereocenters. The molecular formula is C14H22N2O. The molecule has 0 amide bonds. The van der Waals surface area contributed by atoms with Crippen molar-refractivity contribution >= 4 is 0 Å². The lowest BCUT2D eigenvalue weighted by atomic mass is 10.1. The molecule has 94 valence electrons. The Morgan fingerprint density at radius 1 is 1.35 bits per heavy atom. The molecule has 1 aromatic rings. The van der Waals surface area contributed by atoms with Gasteiger partial charge < -0.3 is 15.3 Å². The summed E-state index contributed by atoms with van der Waals surface area (Å²) in [5.41, 5.74) is 1.31.